The molecule has 3 aromatic rings. The van der Waals surface area contributed by atoms with E-state index in [9.17, 15) is 19.7 Å². The molecule has 9 nitrogen and oxygen atoms in total. The van der Waals surface area contributed by atoms with Gasteiger partial charge in [0.25, 0.3) is 17.5 Å². The largest absolute Gasteiger partial charge is 0.496 e. The van der Waals surface area contributed by atoms with Crippen molar-refractivity contribution >= 4 is 34.6 Å². The van der Waals surface area contributed by atoms with Gasteiger partial charge >= 0.3 is 0 Å². The lowest BCUT2D eigenvalue weighted by Crippen LogP contribution is -2.26. The molecule has 0 aromatic heterocycles. The van der Waals surface area contributed by atoms with Crippen LogP contribution < -0.4 is 20.7 Å². The molecule has 0 saturated carbocycles. The number of para-hydroxylation sites is 2. The number of nitrogens with one attached hydrogen (secondary N) is 3. The van der Waals surface area contributed by atoms with Crippen LogP contribution in [-0.2, 0) is 9.59 Å². The summed E-state index contributed by atoms with van der Waals surface area (Å²) < 4.78 is 5.04. The summed E-state index contributed by atoms with van der Waals surface area (Å²) in [5.74, 6) is -1.05. The van der Waals surface area contributed by atoms with Crippen LogP contribution in [0.2, 0.25) is 0 Å². The van der Waals surface area contributed by atoms with Crippen molar-refractivity contribution in [2.24, 2.45) is 0 Å². The Morgan fingerprint density at radius 2 is 1.38 bits per heavy atom. The highest BCUT2D eigenvalue weighted by Crippen LogP contribution is 2.29. The van der Waals surface area contributed by atoms with Crippen LogP contribution in [0.1, 0.15) is 11.1 Å². The molecular formula is C25H24N4O5. The van der Waals surface area contributed by atoms with Crippen molar-refractivity contribution in [3.05, 3.63) is 99.7 Å². The quantitative estimate of drug-likeness (QED) is 0.146. The van der Waals surface area contributed by atoms with E-state index < -0.39 is 16.7 Å². The van der Waals surface area contributed by atoms with Gasteiger partial charge in [-0.3, -0.25) is 19.7 Å². The fourth-order valence-electron chi connectivity index (χ4n) is 3.10. The molecule has 174 valence electrons. The molecular weight excluding hydrogens is 436 g/mol. The minimum absolute atomic E-state index is 0.0932. The first-order valence-corrected chi connectivity index (χ1v) is 10.3. The summed E-state index contributed by atoms with van der Waals surface area (Å²) in [5.41, 5.74) is 2.26. The molecule has 3 rings (SSSR count). The molecule has 0 atom stereocenters. The second-order valence-electron chi connectivity index (χ2n) is 7.38. The lowest BCUT2D eigenvalue weighted by molar-refractivity contribution is -0.384. The summed E-state index contributed by atoms with van der Waals surface area (Å²) in [6.45, 7) is 3.65. The number of hydrogen-bond donors (Lipinski definition) is 3. The molecule has 0 spiro atoms. The number of nitro groups is 1. The molecule has 9 heteroatoms. The number of aryl methyl sites for hydroxylation is 2. The van der Waals surface area contributed by atoms with Crippen LogP contribution in [0.3, 0.4) is 0 Å². The molecule has 0 aliphatic heterocycles. The van der Waals surface area contributed by atoms with Gasteiger partial charge in [-0.1, -0.05) is 36.4 Å². The molecule has 0 heterocycles. The number of nitrogens with zero attached hydrogens (tertiary/aromatic N) is 1. The zero-order valence-corrected chi connectivity index (χ0v) is 18.9. The predicted molar refractivity (Wildman–Crippen MR) is 131 cm³/mol. The minimum atomic E-state index is -0.677. The van der Waals surface area contributed by atoms with Crippen molar-refractivity contribution in [1.82, 2.24) is 0 Å². The normalized spacial score (nSPS) is 10.1. The SMILES string of the molecule is COc1ccc(NC=C(C(=O)Nc2ccccc2C)C(=O)Nc2ccccc2C)c([N+](=O)[O-])c1. The van der Waals surface area contributed by atoms with Crippen molar-refractivity contribution in [3.63, 3.8) is 0 Å². The number of nitro benzene ring substituents is 1. The number of hydrogen-bond acceptors (Lipinski definition) is 6. The first-order valence-electron chi connectivity index (χ1n) is 10.3. The Hall–Kier alpha value is -4.66. The molecule has 0 aliphatic rings. The fourth-order valence-corrected chi connectivity index (χ4v) is 3.10. The Labute approximate surface area is 196 Å². The molecule has 34 heavy (non-hydrogen) atoms. The number of amides is 2. The van der Waals surface area contributed by atoms with Crippen molar-refractivity contribution in [2.75, 3.05) is 23.1 Å². The van der Waals surface area contributed by atoms with Gasteiger partial charge in [-0.05, 0) is 49.2 Å². The van der Waals surface area contributed by atoms with Gasteiger partial charge in [-0.2, -0.15) is 0 Å². The maximum absolute atomic E-state index is 13.1. The van der Waals surface area contributed by atoms with Crippen LogP contribution in [0, 0.1) is 24.0 Å². The standard InChI is InChI=1S/C25H24N4O5/c1-16-8-4-6-10-20(16)27-24(30)19(25(31)28-21-11-7-5-9-17(21)2)15-26-22-13-12-18(34-3)14-23(22)29(32)33/h4-15,26H,1-3H3,(H,27,30)(H,28,31). The first-order chi connectivity index (χ1) is 16.3. The highest BCUT2D eigenvalue weighted by atomic mass is 16.6. The summed E-state index contributed by atoms with van der Waals surface area (Å²) in [7, 11) is 1.40. The van der Waals surface area contributed by atoms with Gasteiger partial charge in [-0.15, -0.1) is 0 Å². The topological polar surface area (TPSA) is 123 Å². The van der Waals surface area contributed by atoms with Gasteiger partial charge in [0, 0.05) is 17.6 Å². The lowest BCUT2D eigenvalue weighted by Gasteiger charge is -2.13. The Kier molecular flexibility index (Phi) is 7.60. The third-order valence-electron chi connectivity index (χ3n) is 5.05. The third-order valence-corrected chi connectivity index (χ3v) is 5.05. The van der Waals surface area contributed by atoms with E-state index >= 15 is 0 Å². The number of benzene rings is 3. The molecule has 3 N–H and O–H groups in total. The van der Waals surface area contributed by atoms with Gasteiger partial charge in [0.1, 0.15) is 17.0 Å². The number of anilines is 3. The van der Waals surface area contributed by atoms with E-state index in [-0.39, 0.29) is 16.9 Å². The monoisotopic (exact) mass is 460 g/mol. The smallest absolute Gasteiger partial charge is 0.296 e. The predicted octanol–water partition coefficient (Wildman–Crippen LogP) is 4.79. The van der Waals surface area contributed by atoms with Crippen LogP contribution in [0.5, 0.6) is 5.75 Å². The number of rotatable bonds is 8. The van der Waals surface area contributed by atoms with Gasteiger partial charge in [0.2, 0.25) is 0 Å². The Balaban J connectivity index is 1.95. The van der Waals surface area contributed by atoms with Crippen molar-refractivity contribution < 1.29 is 19.2 Å². The van der Waals surface area contributed by atoms with Gasteiger partial charge in [-0.25, -0.2) is 0 Å². The Morgan fingerprint density at radius 3 is 1.85 bits per heavy atom. The average Bonchev–Trinajstić information content (AvgIpc) is 2.82. The summed E-state index contributed by atoms with van der Waals surface area (Å²) in [4.78, 5) is 37.1. The highest BCUT2D eigenvalue weighted by molar-refractivity contribution is 6.26. The molecule has 0 unspecified atom stereocenters. The van der Waals surface area contributed by atoms with Crippen LogP contribution in [0.25, 0.3) is 0 Å². The summed E-state index contributed by atoms with van der Waals surface area (Å²) in [6.07, 6.45) is 1.15. The van der Waals surface area contributed by atoms with Crippen molar-refractivity contribution in [3.8, 4) is 5.75 Å². The molecule has 2 amide bonds. The zero-order valence-electron chi connectivity index (χ0n) is 18.9. The maximum atomic E-state index is 13.1. The van der Waals surface area contributed by atoms with Gasteiger partial charge in [0.15, 0.2) is 0 Å². The lowest BCUT2D eigenvalue weighted by atomic mass is 10.1. The second kappa shape index (κ2) is 10.8. The Morgan fingerprint density at radius 1 is 0.853 bits per heavy atom. The van der Waals surface area contributed by atoms with Crippen LogP contribution >= 0.6 is 0 Å². The van der Waals surface area contributed by atoms with E-state index in [2.05, 4.69) is 16.0 Å². The molecule has 0 radical (unpaired) electrons. The first kappa shape index (κ1) is 24.0. The van der Waals surface area contributed by atoms with Crippen LogP contribution in [-0.4, -0.2) is 23.8 Å². The highest BCUT2D eigenvalue weighted by Gasteiger charge is 2.21. The third kappa shape index (κ3) is 5.77. The van der Waals surface area contributed by atoms with Crippen molar-refractivity contribution in [1.29, 1.82) is 0 Å². The molecule has 0 saturated heterocycles. The molecule has 0 bridgehead atoms. The van der Waals surface area contributed by atoms with E-state index in [4.69, 9.17) is 4.74 Å². The van der Waals surface area contributed by atoms with Crippen molar-refractivity contribution in [2.45, 2.75) is 13.8 Å². The molecule has 0 aliphatic carbocycles. The molecule has 0 fully saturated rings. The summed E-state index contributed by atoms with van der Waals surface area (Å²) >= 11 is 0. The number of carbonyl (C=O) groups excluding carboxylic acids is 2. The number of ether oxygens (including phenoxy) is 1. The fraction of sp³-hybridized carbons (Fsp3) is 0.120. The number of carbonyl (C=O) groups is 2. The van der Waals surface area contributed by atoms with Gasteiger partial charge < -0.3 is 20.7 Å². The van der Waals surface area contributed by atoms with E-state index in [1.165, 1.54) is 25.3 Å². The average molecular weight is 460 g/mol. The van der Waals surface area contributed by atoms with E-state index in [1.807, 2.05) is 38.1 Å². The van der Waals surface area contributed by atoms with Crippen LogP contribution in [0.15, 0.2) is 78.5 Å². The van der Waals surface area contributed by atoms with E-state index in [0.29, 0.717) is 17.1 Å². The summed E-state index contributed by atoms with van der Waals surface area (Å²) in [5, 5.41) is 19.7. The molecule has 3 aromatic carbocycles. The second-order valence-corrected chi connectivity index (χ2v) is 7.38. The minimum Gasteiger partial charge on any atom is -0.496 e. The van der Waals surface area contributed by atoms with E-state index in [0.717, 1.165) is 17.3 Å². The zero-order chi connectivity index (χ0) is 24.7. The van der Waals surface area contributed by atoms with Crippen LogP contribution in [0.4, 0.5) is 22.7 Å². The number of methoxy groups -OCH3 is 1. The Bertz CT molecular complexity index is 1210. The maximum Gasteiger partial charge on any atom is 0.296 e. The van der Waals surface area contributed by atoms with Gasteiger partial charge in [0.05, 0.1) is 18.1 Å². The summed E-state index contributed by atoms with van der Waals surface area (Å²) in [6, 6.07) is 18.5. The van der Waals surface area contributed by atoms with E-state index in [1.54, 1.807) is 24.3 Å².